The predicted molar refractivity (Wildman–Crippen MR) is 67.4 cm³/mol. The fourth-order valence-corrected chi connectivity index (χ4v) is 2.31. The number of rotatable bonds is 4. The molecule has 0 aromatic heterocycles. The highest BCUT2D eigenvalue weighted by Crippen LogP contribution is 2.18. The summed E-state index contributed by atoms with van der Waals surface area (Å²) in [6, 6.07) is 8.72. The molecule has 0 spiro atoms. The van der Waals surface area contributed by atoms with Crippen LogP contribution < -0.4 is 0 Å². The van der Waals surface area contributed by atoms with Crippen LogP contribution >= 0.6 is 0 Å². The molecule has 0 saturated carbocycles. The molecular weight excluding hydrogens is 230 g/mol. The fraction of sp³-hybridized carbons (Fsp3) is 0.429. The average Bonchev–Trinajstić information content (AvgIpc) is 2.87. The van der Waals surface area contributed by atoms with E-state index in [-0.39, 0.29) is 6.04 Å². The van der Waals surface area contributed by atoms with Crippen molar-refractivity contribution in [2.24, 2.45) is 0 Å². The van der Waals surface area contributed by atoms with Crippen LogP contribution in [-0.4, -0.2) is 42.9 Å². The Balaban J connectivity index is 2.09. The second-order valence-corrected chi connectivity index (χ2v) is 4.45. The van der Waals surface area contributed by atoms with Crippen LogP contribution in [0.3, 0.4) is 0 Å². The van der Waals surface area contributed by atoms with E-state index in [1.165, 1.54) is 0 Å². The third-order valence-electron chi connectivity index (χ3n) is 3.23. The molecule has 0 unspecified atom stereocenters. The number of Topliss-reactive ketones (excluding diaryl/α,β-unsaturated/α-hetero) is 1. The first kappa shape index (κ1) is 12.8. The van der Waals surface area contributed by atoms with Crippen LogP contribution in [0.2, 0.25) is 0 Å². The minimum Gasteiger partial charge on any atom is -0.383 e. The Bertz CT molecular complexity index is 430. The van der Waals surface area contributed by atoms with Crippen molar-refractivity contribution in [3.05, 3.63) is 35.9 Å². The largest absolute Gasteiger partial charge is 0.383 e. The van der Waals surface area contributed by atoms with Gasteiger partial charge in [-0.2, -0.15) is 0 Å². The lowest BCUT2D eigenvalue weighted by atomic mass is 10.1. The molecule has 0 aliphatic carbocycles. The molecule has 1 aliphatic rings. The Morgan fingerprint density at radius 2 is 2.06 bits per heavy atom. The van der Waals surface area contributed by atoms with Gasteiger partial charge in [0, 0.05) is 19.2 Å². The first-order valence-electron chi connectivity index (χ1n) is 6.13. The van der Waals surface area contributed by atoms with Gasteiger partial charge in [0.2, 0.25) is 5.78 Å². The van der Waals surface area contributed by atoms with Crippen molar-refractivity contribution < 1.29 is 14.3 Å². The Morgan fingerprint density at radius 3 is 2.72 bits per heavy atom. The van der Waals surface area contributed by atoms with Crippen LogP contribution in [0.4, 0.5) is 0 Å². The summed E-state index contributed by atoms with van der Waals surface area (Å²) in [4.78, 5) is 25.8. The summed E-state index contributed by atoms with van der Waals surface area (Å²) in [6.07, 6.45) is 1.84. The minimum absolute atomic E-state index is 0.0372. The number of carbonyl (C=O) groups excluding carboxylic acids is 2. The van der Waals surface area contributed by atoms with Gasteiger partial charge in [-0.15, -0.1) is 0 Å². The molecule has 4 nitrogen and oxygen atoms in total. The van der Waals surface area contributed by atoms with Crippen LogP contribution in [0.5, 0.6) is 0 Å². The highest BCUT2D eigenvalue weighted by molar-refractivity contribution is 6.42. The highest BCUT2D eigenvalue weighted by Gasteiger charge is 2.32. The smallest absolute Gasteiger partial charge is 0.295 e. The molecule has 96 valence electrons. The third kappa shape index (κ3) is 2.59. The lowest BCUT2D eigenvalue weighted by Gasteiger charge is -2.23. The van der Waals surface area contributed by atoms with Gasteiger partial charge in [0.05, 0.1) is 12.6 Å². The normalized spacial score (nSPS) is 18.9. The van der Waals surface area contributed by atoms with Gasteiger partial charge >= 0.3 is 0 Å². The molecule has 4 heteroatoms. The maximum atomic E-state index is 12.2. The number of hydrogen-bond acceptors (Lipinski definition) is 3. The third-order valence-corrected chi connectivity index (χ3v) is 3.23. The van der Waals surface area contributed by atoms with E-state index < -0.39 is 11.7 Å². The summed E-state index contributed by atoms with van der Waals surface area (Å²) in [5, 5.41) is 0. The van der Waals surface area contributed by atoms with E-state index in [9.17, 15) is 9.59 Å². The van der Waals surface area contributed by atoms with Crippen LogP contribution in [0.15, 0.2) is 30.3 Å². The summed E-state index contributed by atoms with van der Waals surface area (Å²) in [5.74, 6) is -0.848. The van der Waals surface area contributed by atoms with E-state index in [2.05, 4.69) is 0 Å². The molecule has 0 radical (unpaired) electrons. The Labute approximate surface area is 107 Å². The molecule has 0 bridgehead atoms. The lowest BCUT2D eigenvalue weighted by molar-refractivity contribution is -0.128. The standard InChI is InChI=1S/C14H17NO3/c1-18-10-12-8-5-9-15(12)14(17)13(16)11-6-3-2-4-7-11/h2-4,6-7,12H,5,8-10H2,1H3/t12-/m0/s1. The number of amides is 1. The molecule has 1 saturated heterocycles. The van der Waals surface area contributed by atoms with Crippen molar-refractivity contribution in [3.63, 3.8) is 0 Å². The van der Waals surface area contributed by atoms with Crippen LogP contribution in [0.1, 0.15) is 23.2 Å². The van der Waals surface area contributed by atoms with E-state index >= 15 is 0 Å². The molecule has 1 heterocycles. The maximum Gasteiger partial charge on any atom is 0.295 e. The topological polar surface area (TPSA) is 46.6 Å². The van der Waals surface area contributed by atoms with Crippen LogP contribution in [-0.2, 0) is 9.53 Å². The molecule has 1 aromatic rings. The van der Waals surface area contributed by atoms with E-state index in [1.54, 1.807) is 36.3 Å². The van der Waals surface area contributed by atoms with Crippen molar-refractivity contribution in [1.82, 2.24) is 4.90 Å². The zero-order valence-electron chi connectivity index (χ0n) is 10.5. The Hall–Kier alpha value is -1.68. The summed E-state index contributed by atoms with van der Waals surface area (Å²) in [7, 11) is 1.61. The van der Waals surface area contributed by atoms with E-state index in [1.807, 2.05) is 6.07 Å². The number of methoxy groups -OCH3 is 1. The second-order valence-electron chi connectivity index (χ2n) is 4.45. The molecule has 1 fully saturated rings. The van der Waals surface area contributed by atoms with E-state index in [0.29, 0.717) is 18.7 Å². The van der Waals surface area contributed by atoms with Gasteiger partial charge in [-0.25, -0.2) is 0 Å². The monoisotopic (exact) mass is 247 g/mol. The maximum absolute atomic E-state index is 12.2. The first-order valence-corrected chi connectivity index (χ1v) is 6.13. The van der Waals surface area contributed by atoms with Crippen LogP contribution in [0, 0.1) is 0 Å². The molecule has 0 N–H and O–H groups in total. The molecule has 1 atom stereocenters. The molecule has 1 aliphatic heterocycles. The second kappa shape index (κ2) is 5.78. The summed E-state index contributed by atoms with van der Waals surface area (Å²) < 4.78 is 5.09. The highest BCUT2D eigenvalue weighted by atomic mass is 16.5. The van der Waals surface area contributed by atoms with Gasteiger partial charge in [0.15, 0.2) is 0 Å². The molecular formula is C14H17NO3. The van der Waals surface area contributed by atoms with Crippen molar-refractivity contribution in [3.8, 4) is 0 Å². The number of ketones is 1. The van der Waals surface area contributed by atoms with Crippen molar-refractivity contribution in [2.45, 2.75) is 18.9 Å². The SMILES string of the molecule is COC[C@@H]1CCCN1C(=O)C(=O)c1ccccc1. The van der Waals surface area contributed by atoms with Gasteiger partial charge in [-0.1, -0.05) is 30.3 Å². The fourth-order valence-electron chi connectivity index (χ4n) is 2.31. The zero-order valence-corrected chi connectivity index (χ0v) is 10.5. The van der Waals surface area contributed by atoms with Crippen molar-refractivity contribution >= 4 is 11.7 Å². The van der Waals surface area contributed by atoms with Crippen molar-refractivity contribution in [2.75, 3.05) is 20.3 Å². The number of benzene rings is 1. The number of ether oxygens (including phenoxy) is 1. The predicted octanol–water partition coefficient (Wildman–Crippen LogP) is 1.51. The lowest BCUT2D eigenvalue weighted by Crippen LogP contribution is -2.42. The molecule has 1 aromatic carbocycles. The Morgan fingerprint density at radius 1 is 1.33 bits per heavy atom. The number of nitrogens with zero attached hydrogens (tertiary/aromatic N) is 1. The number of likely N-dealkylation sites (tertiary alicyclic amines) is 1. The van der Waals surface area contributed by atoms with E-state index in [4.69, 9.17) is 4.74 Å². The van der Waals surface area contributed by atoms with Crippen LogP contribution in [0.25, 0.3) is 0 Å². The van der Waals surface area contributed by atoms with Gasteiger partial charge in [0.25, 0.3) is 5.91 Å². The summed E-state index contributed by atoms with van der Waals surface area (Å²) in [6.45, 7) is 1.14. The number of carbonyl (C=O) groups is 2. The minimum atomic E-state index is -0.432. The zero-order chi connectivity index (χ0) is 13.0. The van der Waals surface area contributed by atoms with Gasteiger partial charge < -0.3 is 9.64 Å². The number of hydrogen-bond donors (Lipinski definition) is 0. The first-order chi connectivity index (χ1) is 8.74. The van der Waals surface area contributed by atoms with E-state index in [0.717, 1.165) is 12.8 Å². The van der Waals surface area contributed by atoms with Crippen molar-refractivity contribution in [1.29, 1.82) is 0 Å². The average molecular weight is 247 g/mol. The molecule has 18 heavy (non-hydrogen) atoms. The van der Waals surface area contributed by atoms with Gasteiger partial charge in [-0.05, 0) is 12.8 Å². The quantitative estimate of drug-likeness (QED) is 0.598. The Kier molecular flexibility index (Phi) is 4.10. The summed E-state index contributed by atoms with van der Waals surface area (Å²) >= 11 is 0. The summed E-state index contributed by atoms with van der Waals surface area (Å²) in [5.41, 5.74) is 0.450. The molecule has 2 rings (SSSR count). The van der Waals surface area contributed by atoms with Gasteiger partial charge in [0.1, 0.15) is 0 Å². The molecule has 1 amide bonds. The van der Waals surface area contributed by atoms with Gasteiger partial charge in [-0.3, -0.25) is 9.59 Å².